The van der Waals surface area contributed by atoms with Crippen LogP contribution in [0.4, 0.5) is 17.1 Å². The molecule has 0 aliphatic rings. The fourth-order valence-electron chi connectivity index (χ4n) is 9.76. The SMILES string of the molecule is [2H]c1cc(-c2ccc3ccccc3c2)cc2ccc(N(c3ccc(-c4nc5cc6cc7ccccc7cc6cc5o4)cc3)c3ccc(-c4nc5cc6cc7ccccc7cc6cc5o4)cc3)cc12. The van der Waals surface area contributed by atoms with Gasteiger partial charge in [-0.05, 0) is 197 Å². The Balaban J connectivity index is 0.843. The van der Waals surface area contributed by atoms with Crippen LogP contribution in [0.5, 0.6) is 0 Å². The molecule has 14 aromatic rings. The van der Waals surface area contributed by atoms with Gasteiger partial charge in [-0.2, -0.15) is 0 Å². The highest BCUT2D eigenvalue weighted by atomic mass is 16.4. The van der Waals surface area contributed by atoms with E-state index in [1.165, 1.54) is 32.3 Å². The summed E-state index contributed by atoms with van der Waals surface area (Å²) in [6.07, 6.45) is 0. The molecular formula is C62H37N3O2. The van der Waals surface area contributed by atoms with Crippen molar-refractivity contribution in [2.24, 2.45) is 0 Å². The lowest BCUT2D eigenvalue weighted by Gasteiger charge is -2.26. The number of oxazole rings is 2. The second-order valence-corrected chi connectivity index (χ2v) is 17.4. The zero-order chi connectivity index (χ0) is 44.9. The molecule has 5 nitrogen and oxygen atoms in total. The third-order valence-electron chi connectivity index (χ3n) is 13.2. The Hall–Kier alpha value is -9.06. The molecule has 5 heteroatoms. The number of hydrogen-bond donors (Lipinski definition) is 0. The summed E-state index contributed by atoms with van der Waals surface area (Å²) < 4.78 is 22.2. The summed E-state index contributed by atoms with van der Waals surface area (Å²) in [4.78, 5) is 12.1. The Morgan fingerprint density at radius 1 is 0.299 bits per heavy atom. The van der Waals surface area contributed by atoms with Crippen LogP contribution in [-0.2, 0) is 0 Å². The maximum atomic E-state index is 9.32. The van der Waals surface area contributed by atoms with Crippen LogP contribution in [0.2, 0.25) is 0 Å². The normalized spacial score (nSPS) is 12.1. The highest BCUT2D eigenvalue weighted by Gasteiger charge is 2.18. The minimum atomic E-state index is 0.464. The highest BCUT2D eigenvalue weighted by molar-refractivity contribution is 6.05. The monoisotopic (exact) mass is 856 g/mol. The first-order chi connectivity index (χ1) is 33.5. The lowest BCUT2D eigenvalue weighted by Crippen LogP contribution is -2.09. The first-order valence-electron chi connectivity index (χ1n) is 23.0. The predicted octanol–water partition coefficient (Wildman–Crippen LogP) is 17.4. The molecule has 0 saturated heterocycles. The molecule has 0 amide bonds. The van der Waals surface area contributed by atoms with Gasteiger partial charge in [-0.3, -0.25) is 0 Å². The molecule has 12 aromatic carbocycles. The quantitative estimate of drug-likeness (QED) is 0.156. The number of anilines is 3. The molecule has 14 rings (SSSR count). The lowest BCUT2D eigenvalue weighted by molar-refractivity contribution is 0.620. The van der Waals surface area contributed by atoms with E-state index in [0.717, 1.165) is 93.8 Å². The molecule has 0 bridgehead atoms. The molecule has 0 saturated carbocycles. The van der Waals surface area contributed by atoms with Gasteiger partial charge in [-0.1, -0.05) is 103 Å². The first kappa shape index (κ1) is 36.3. The van der Waals surface area contributed by atoms with Crippen LogP contribution in [0, 0.1) is 0 Å². The minimum absolute atomic E-state index is 0.464. The number of hydrogen-bond acceptors (Lipinski definition) is 5. The first-order valence-corrected chi connectivity index (χ1v) is 22.5. The molecule has 0 unspecified atom stereocenters. The van der Waals surface area contributed by atoms with Gasteiger partial charge in [0, 0.05) is 28.2 Å². The Kier molecular flexibility index (Phi) is 7.99. The Morgan fingerprint density at radius 3 is 1.19 bits per heavy atom. The molecule has 0 fully saturated rings. The zero-order valence-electron chi connectivity index (χ0n) is 36.9. The number of rotatable bonds is 6. The Bertz CT molecular complexity index is 4000. The van der Waals surface area contributed by atoms with Crippen LogP contribution in [-0.4, -0.2) is 9.97 Å². The van der Waals surface area contributed by atoms with Crippen LogP contribution < -0.4 is 4.90 Å². The predicted molar refractivity (Wildman–Crippen MR) is 278 cm³/mol. The zero-order valence-corrected chi connectivity index (χ0v) is 35.9. The smallest absolute Gasteiger partial charge is 0.227 e. The average molecular weight is 857 g/mol. The summed E-state index contributed by atoms with van der Waals surface area (Å²) in [6.45, 7) is 0. The third kappa shape index (κ3) is 6.47. The fraction of sp³-hybridized carbons (Fsp3) is 0. The summed E-state index contributed by atoms with van der Waals surface area (Å²) in [5.74, 6) is 1.13. The Labute approximate surface area is 385 Å². The standard InChI is InChI=1S/C62H37N3O2/c1-2-8-41-27-46(14-13-38(41)7-1)47-15-16-49-33-56(26-21-48(49)28-47)65(54-22-17-39(18-23-54)61-63-57-34-50-29-42-9-3-5-11-44(42)31-52(50)36-59(57)66-61)55-24-19-40(20-25-55)62-64-58-35-51-30-43-10-4-6-12-45(43)32-53(51)37-60(58)67-62/h1-37H/i16D. The fourth-order valence-corrected chi connectivity index (χ4v) is 9.76. The van der Waals surface area contributed by atoms with E-state index in [2.05, 4.69) is 217 Å². The largest absolute Gasteiger partial charge is 0.436 e. The van der Waals surface area contributed by atoms with E-state index in [-0.39, 0.29) is 0 Å². The van der Waals surface area contributed by atoms with E-state index in [1.807, 2.05) is 6.07 Å². The van der Waals surface area contributed by atoms with Crippen LogP contribution in [0.1, 0.15) is 1.37 Å². The van der Waals surface area contributed by atoms with E-state index in [1.54, 1.807) is 0 Å². The summed E-state index contributed by atoms with van der Waals surface area (Å²) in [5, 5.41) is 13.5. The summed E-state index contributed by atoms with van der Waals surface area (Å²) in [7, 11) is 0. The van der Waals surface area contributed by atoms with Crippen molar-refractivity contribution in [1.82, 2.24) is 9.97 Å². The van der Waals surface area contributed by atoms with Gasteiger partial charge in [0.15, 0.2) is 11.2 Å². The van der Waals surface area contributed by atoms with Crippen LogP contribution in [0.3, 0.4) is 0 Å². The van der Waals surface area contributed by atoms with Gasteiger partial charge in [-0.15, -0.1) is 0 Å². The molecular weight excluding hydrogens is 819 g/mol. The van der Waals surface area contributed by atoms with Crippen molar-refractivity contribution in [2.75, 3.05) is 4.90 Å². The second-order valence-electron chi connectivity index (χ2n) is 17.4. The van der Waals surface area contributed by atoms with E-state index < -0.39 is 0 Å². The lowest BCUT2D eigenvalue weighted by atomic mass is 9.98. The average Bonchev–Trinajstić information content (AvgIpc) is 4.00. The van der Waals surface area contributed by atoms with Gasteiger partial charge in [0.25, 0.3) is 0 Å². The summed E-state index contributed by atoms with van der Waals surface area (Å²) >= 11 is 0. The second kappa shape index (κ2) is 14.7. The molecule has 67 heavy (non-hydrogen) atoms. The van der Waals surface area contributed by atoms with Crippen molar-refractivity contribution in [1.29, 1.82) is 0 Å². The summed E-state index contributed by atoms with van der Waals surface area (Å²) in [5.41, 5.74) is 9.80. The summed E-state index contributed by atoms with van der Waals surface area (Å²) in [6, 6.07) is 76.6. The van der Waals surface area contributed by atoms with Gasteiger partial charge in [0.05, 0.1) is 1.37 Å². The van der Waals surface area contributed by atoms with Crippen LogP contribution in [0.25, 0.3) is 121 Å². The number of benzene rings is 12. The third-order valence-corrected chi connectivity index (χ3v) is 13.2. The highest BCUT2D eigenvalue weighted by Crippen LogP contribution is 2.40. The van der Waals surface area contributed by atoms with Gasteiger partial charge in [0.2, 0.25) is 11.8 Å². The van der Waals surface area contributed by atoms with Gasteiger partial charge >= 0.3 is 0 Å². The molecule has 312 valence electrons. The minimum Gasteiger partial charge on any atom is -0.436 e. The molecule has 0 spiro atoms. The number of nitrogens with zero attached hydrogens (tertiary/aromatic N) is 3. The maximum Gasteiger partial charge on any atom is 0.227 e. The molecule has 0 atom stereocenters. The van der Waals surface area contributed by atoms with E-state index in [4.69, 9.17) is 18.8 Å². The molecule has 0 radical (unpaired) electrons. The number of aromatic nitrogens is 2. The van der Waals surface area contributed by atoms with Crippen molar-refractivity contribution in [3.05, 3.63) is 224 Å². The molecule has 0 aliphatic carbocycles. The van der Waals surface area contributed by atoms with E-state index >= 15 is 0 Å². The van der Waals surface area contributed by atoms with Gasteiger partial charge in [-0.25, -0.2) is 9.97 Å². The maximum absolute atomic E-state index is 9.32. The van der Waals surface area contributed by atoms with E-state index in [0.29, 0.717) is 17.8 Å². The molecule has 2 heterocycles. The van der Waals surface area contributed by atoms with Crippen molar-refractivity contribution in [3.63, 3.8) is 0 Å². The van der Waals surface area contributed by atoms with Crippen molar-refractivity contribution in [3.8, 4) is 34.0 Å². The van der Waals surface area contributed by atoms with Crippen molar-refractivity contribution >= 4 is 104 Å². The van der Waals surface area contributed by atoms with Gasteiger partial charge < -0.3 is 13.7 Å². The number of fused-ring (bicyclic) bond motifs is 8. The molecule has 0 aliphatic heterocycles. The molecule has 0 N–H and O–H groups in total. The van der Waals surface area contributed by atoms with Crippen LogP contribution in [0.15, 0.2) is 233 Å². The van der Waals surface area contributed by atoms with Crippen LogP contribution >= 0.6 is 0 Å². The van der Waals surface area contributed by atoms with Crippen molar-refractivity contribution in [2.45, 2.75) is 0 Å². The molecule has 2 aromatic heterocycles. The van der Waals surface area contributed by atoms with Gasteiger partial charge in [0.1, 0.15) is 11.0 Å². The van der Waals surface area contributed by atoms with E-state index in [9.17, 15) is 1.37 Å². The van der Waals surface area contributed by atoms with Crippen molar-refractivity contribution < 1.29 is 10.2 Å². The topological polar surface area (TPSA) is 55.3 Å². The Morgan fingerprint density at radius 2 is 0.687 bits per heavy atom.